The molecule has 4 rings (SSSR count). The van der Waals surface area contributed by atoms with Gasteiger partial charge in [-0.05, 0) is 33.9 Å². The largest absolute Gasteiger partial charge is 1.00 e. The summed E-state index contributed by atoms with van der Waals surface area (Å²) in [6, 6.07) is 34.2. The van der Waals surface area contributed by atoms with Crippen molar-refractivity contribution >= 4 is 44.3 Å². The van der Waals surface area contributed by atoms with Gasteiger partial charge in [0, 0.05) is 5.56 Å². The van der Waals surface area contributed by atoms with E-state index in [4.69, 9.17) is 19.2 Å². The summed E-state index contributed by atoms with van der Waals surface area (Å²) in [7, 11) is -4.64. The third-order valence-electron chi connectivity index (χ3n) is 5.04. The maximum absolute atomic E-state index is 10.7. The maximum atomic E-state index is 10.7. The van der Waals surface area contributed by atoms with Crippen molar-refractivity contribution in [2.24, 2.45) is 0 Å². The van der Waals surface area contributed by atoms with E-state index in [0.717, 1.165) is 33.4 Å². The summed E-state index contributed by atoms with van der Waals surface area (Å²) >= 11 is 0. The first-order valence-electron chi connectivity index (χ1n) is 11.1. The van der Waals surface area contributed by atoms with Crippen molar-refractivity contribution in [3.05, 3.63) is 137 Å². The molecule has 0 atom stereocenters. The summed E-state index contributed by atoms with van der Waals surface area (Å²) in [6.07, 6.45) is 12.4. The Balaban J connectivity index is 0.000000946. The molecule has 4 N–H and O–H groups in total. The van der Waals surface area contributed by atoms with Gasteiger partial charge >= 0.3 is 59.2 Å². The molecule has 7 heteroatoms. The molecule has 184 valence electrons. The number of aromatic hydroxyl groups is 1. The molecule has 0 saturated carbocycles. The van der Waals surface area contributed by atoms with Crippen molar-refractivity contribution in [2.45, 2.75) is 0 Å². The second-order valence-electron chi connectivity index (χ2n) is 7.75. The van der Waals surface area contributed by atoms with Gasteiger partial charge in [0.2, 0.25) is 0 Å². The Morgan fingerprint density at radius 3 is 1.27 bits per heavy atom. The number of rotatable bonds is 6. The molecule has 0 aliphatic carbocycles. The van der Waals surface area contributed by atoms with Crippen LogP contribution >= 0.6 is 7.82 Å². The molecule has 0 unspecified atom stereocenters. The molecule has 37 heavy (non-hydrogen) atoms. The Morgan fingerprint density at radius 2 is 0.865 bits per heavy atom. The standard InChI is InChI=1S/C30H24O.K.H3O4P.H/c31-30-23-20-27(19-16-24-10-4-1-5-11-24)28(21-17-25-12-6-2-7-13-25)29(30)22-18-26-14-8-3-9-15-26;;1-5(2,3)4;/h1-23,31H;;(H3,1,2,3,4);/q;+1;;-1. The minimum atomic E-state index is -4.64. The van der Waals surface area contributed by atoms with Crippen molar-refractivity contribution in [2.75, 3.05) is 0 Å². The molecule has 0 fully saturated rings. The van der Waals surface area contributed by atoms with E-state index in [1.807, 2.05) is 84.9 Å². The molecule has 4 aromatic carbocycles. The van der Waals surface area contributed by atoms with Gasteiger partial charge in [0.15, 0.2) is 0 Å². The van der Waals surface area contributed by atoms with Crippen molar-refractivity contribution in [1.82, 2.24) is 0 Å². The van der Waals surface area contributed by atoms with E-state index in [0.29, 0.717) is 0 Å². The normalized spacial score (nSPS) is 11.3. The minimum absolute atomic E-state index is 0. The maximum Gasteiger partial charge on any atom is 1.00 e. The number of hydrogen-bond acceptors (Lipinski definition) is 2. The second kappa shape index (κ2) is 15.8. The molecule has 0 aromatic heterocycles. The first kappa shape index (κ1) is 30.9. The average molecular weight is 539 g/mol. The number of phosphoric acid groups is 1. The van der Waals surface area contributed by atoms with Gasteiger partial charge < -0.3 is 21.2 Å². The average Bonchev–Trinajstić information content (AvgIpc) is 2.87. The van der Waals surface area contributed by atoms with E-state index < -0.39 is 7.82 Å². The fourth-order valence-corrected chi connectivity index (χ4v) is 3.39. The van der Waals surface area contributed by atoms with Crippen LogP contribution in [0.3, 0.4) is 0 Å². The smallest absolute Gasteiger partial charge is 1.00 e. The molecule has 0 aliphatic heterocycles. The van der Waals surface area contributed by atoms with E-state index in [9.17, 15) is 5.11 Å². The molecular formula is C30H28KO5P. The van der Waals surface area contributed by atoms with Crippen molar-refractivity contribution in [3.63, 3.8) is 0 Å². The molecule has 0 bridgehead atoms. The second-order valence-corrected chi connectivity index (χ2v) is 8.77. The van der Waals surface area contributed by atoms with E-state index >= 15 is 0 Å². The number of hydrogen-bond donors (Lipinski definition) is 4. The topological polar surface area (TPSA) is 98.0 Å². The van der Waals surface area contributed by atoms with Gasteiger partial charge in [-0.1, -0.05) is 134 Å². The predicted molar refractivity (Wildman–Crippen MR) is 150 cm³/mol. The van der Waals surface area contributed by atoms with Gasteiger partial charge in [0.25, 0.3) is 0 Å². The first-order valence-corrected chi connectivity index (χ1v) is 12.7. The van der Waals surface area contributed by atoms with Crippen LogP contribution in [0.25, 0.3) is 36.5 Å². The zero-order chi connectivity index (χ0) is 25.8. The Bertz CT molecular complexity index is 1380. The molecule has 0 heterocycles. The Hall–Kier alpha value is -2.35. The third-order valence-corrected chi connectivity index (χ3v) is 5.04. The number of phenols is 1. The Morgan fingerprint density at radius 1 is 0.514 bits per heavy atom. The molecule has 0 aliphatic rings. The van der Waals surface area contributed by atoms with Crippen LogP contribution in [0.5, 0.6) is 5.75 Å². The first-order chi connectivity index (χ1) is 17.3. The van der Waals surface area contributed by atoms with E-state index in [1.54, 1.807) is 6.07 Å². The van der Waals surface area contributed by atoms with Crippen molar-refractivity contribution in [3.8, 4) is 5.75 Å². The third kappa shape index (κ3) is 11.7. The van der Waals surface area contributed by atoms with Gasteiger partial charge in [-0.2, -0.15) is 0 Å². The predicted octanol–water partition coefficient (Wildman–Crippen LogP) is 4.09. The molecule has 0 saturated heterocycles. The van der Waals surface area contributed by atoms with Crippen LogP contribution in [0.1, 0.15) is 34.8 Å². The van der Waals surface area contributed by atoms with Gasteiger partial charge in [-0.25, -0.2) is 4.57 Å². The van der Waals surface area contributed by atoms with Gasteiger partial charge in [-0.15, -0.1) is 0 Å². The number of benzene rings is 4. The Kier molecular flexibility index (Phi) is 13.2. The summed E-state index contributed by atoms with van der Waals surface area (Å²) in [5, 5.41) is 10.7. The van der Waals surface area contributed by atoms with Crippen LogP contribution in [0.15, 0.2) is 103 Å². The fraction of sp³-hybridized carbons (Fsp3) is 0. The molecule has 5 nitrogen and oxygen atoms in total. The molecular weight excluding hydrogens is 510 g/mol. The zero-order valence-corrected chi connectivity index (χ0v) is 24.4. The van der Waals surface area contributed by atoms with Crippen molar-refractivity contribution in [1.29, 1.82) is 0 Å². The van der Waals surface area contributed by atoms with Crippen LogP contribution in [0.2, 0.25) is 0 Å². The van der Waals surface area contributed by atoms with Crippen LogP contribution < -0.4 is 51.4 Å². The fourth-order valence-electron chi connectivity index (χ4n) is 3.39. The van der Waals surface area contributed by atoms with Crippen LogP contribution in [0.4, 0.5) is 0 Å². The monoisotopic (exact) mass is 538 g/mol. The summed E-state index contributed by atoms with van der Waals surface area (Å²) in [5.41, 5.74) is 6.15. The Labute approximate surface area is 261 Å². The number of phenolic OH excluding ortho intramolecular Hbond substituents is 1. The molecule has 0 spiro atoms. The van der Waals surface area contributed by atoms with Crippen LogP contribution in [0, 0.1) is 0 Å². The van der Waals surface area contributed by atoms with Gasteiger partial charge in [0.05, 0.1) is 0 Å². The summed E-state index contributed by atoms with van der Waals surface area (Å²) in [5.74, 6) is 0.261. The minimum Gasteiger partial charge on any atom is -1.00 e. The SMILES string of the molecule is O=P(O)(O)O.Oc1ccc(C=Cc2ccccc2)c(C=Cc2ccccc2)c1C=Cc1ccccc1.[H-].[K+]. The molecule has 4 aromatic rings. The van der Waals surface area contributed by atoms with Crippen LogP contribution in [-0.2, 0) is 4.57 Å². The molecule has 0 amide bonds. The van der Waals surface area contributed by atoms with E-state index in [-0.39, 0.29) is 58.6 Å². The quantitative estimate of drug-likeness (QED) is 0.168. The molecule has 0 radical (unpaired) electrons. The van der Waals surface area contributed by atoms with E-state index in [2.05, 4.69) is 48.6 Å². The summed E-state index contributed by atoms with van der Waals surface area (Å²) in [4.78, 5) is 21.6. The van der Waals surface area contributed by atoms with Gasteiger partial charge in [0.1, 0.15) is 5.75 Å². The zero-order valence-electron chi connectivity index (χ0n) is 21.4. The summed E-state index contributed by atoms with van der Waals surface area (Å²) < 4.78 is 8.88. The van der Waals surface area contributed by atoms with Crippen molar-refractivity contribution < 1.29 is 77.2 Å². The van der Waals surface area contributed by atoms with E-state index in [1.165, 1.54) is 0 Å². The van der Waals surface area contributed by atoms with Gasteiger partial charge in [-0.3, -0.25) is 0 Å². The summed E-state index contributed by atoms with van der Waals surface area (Å²) in [6.45, 7) is 0. The van der Waals surface area contributed by atoms with Crippen LogP contribution in [-0.4, -0.2) is 19.8 Å².